The maximum absolute atomic E-state index is 14.0. The predicted octanol–water partition coefficient (Wildman–Crippen LogP) is 4.11. The van der Waals surface area contributed by atoms with Crippen LogP contribution in [0.4, 0.5) is 4.39 Å². The van der Waals surface area contributed by atoms with Gasteiger partial charge in [-0.25, -0.2) is 4.39 Å². The average molecular weight is 287 g/mol. The third-order valence-corrected chi connectivity index (χ3v) is 4.12. The smallest absolute Gasteiger partial charge is 0.147 e. The zero-order valence-corrected chi connectivity index (χ0v) is 12.5. The number of benzene rings is 1. The molecule has 106 valence electrons. The lowest BCUT2D eigenvalue weighted by atomic mass is 9.80. The standard InChI is InChI=1S/C15H20ClFO2/c1-14(2)8-10(15(3,4)19-14)13(18)9-6-5-7-11(16)12(9)17/h5-7,10,13,18H,8H2,1-4H3. The normalized spacial score (nSPS) is 26.4. The molecule has 1 aromatic rings. The highest BCUT2D eigenvalue weighted by atomic mass is 35.5. The van der Waals surface area contributed by atoms with Gasteiger partial charge >= 0.3 is 0 Å². The van der Waals surface area contributed by atoms with Crippen LogP contribution in [0.25, 0.3) is 0 Å². The first-order chi connectivity index (χ1) is 8.64. The van der Waals surface area contributed by atoms with Crippen molar-refractivity contribution in [3.63, 3.8) is 0 Å². The topological polar surface area (TPSA) is 29.5 Å². The van der Waals surface area contributed by atoms with Crippen molar-refractivity contribution >= 4 is 11.6 Å². The quantitative estimate of drug-likeness (QED) is 0.887. The molecule has 1 fully saturated rings. The van der Waals surface area contributed by atoms with Crippen molar-refractivity contribution in [2.75, 3.05) is 0 Å². The Morgan fingerprint density at radius 2 is 2.00 bits per heavy atom. The molecule has 2 rings (SSSR count). The van der Waals surface area contributed by atoms with E-state index >= 15 is 0 Å². The lowest BCUT2D eigenvalue weighted by molar-refractivity contribution is -0.0882. The van der Waals surface area contributed by atoms with E-state index in [2.05, 4.69) is 0 Å². The summed E-state index contributed by atoms with van der Waals surface area (Å²) in [5, 5.41) is 10.5. The zero-order chi connectivity index (χ0) is 14.4. The number of aliphatic hydroxyl groups is 1. The summed E-state index contributed by atoms with van der Waals surface area (Å²) in [6, 6.07) is 4.71. The molecule has 2 atom stereocenters. The Hall–Kier alpha value is -0.640. The first-order valence-corrected chi connectivity index (χ1v) is 6.84. The summed E-state index contributed by atoms with van der Waals surface area (Å²) >= 11 is 5.77. The molecule has 0 aliphatic carbocycles. The number of halogens is 2. The van der Waals surface area contributed by atoms with E-state index in [-0.39, 0.29) is 22.1 Å². The molecule has 0 bridgehead atoms. The molecular formula is C15H20ClFO2. The third kappa shape index (κ3) is 2.78. The van der Waals surface area contributed by atoms with E-state index in [1.165, 1.54) is 6.07 Å². The van der Waals surface area contributed by atoms with Crippen LogP contribution in [0.2, 0.25) is 5.02 Å². The maximum atomic E-state index is 14.0. The molecule has 4 heteroatoms. The average Bonchev–Trinajstić information content (AvgIpc) is 2.50. The van der Waals surface area contributed by atoms with Gasteiger partial charge in [-0.05, 0) is 40.2 Å². The van der Waals surface area contributed by atoms with Gasteiger partial charge in [0.2, 0.25) is 0 Å². The molecule has 1 aliphatic rings. The van der Waals surface area contributed by atoms with Gasteiger partial charge in [0.1, 0.15) is 5.82 Å². The van der Waals surface area contributed by atoms with Crippen molar-refractivity contribution in [2.24, 2.45) is 5.92 Å². The second kappa shape index (κ2) is 4.72. The fraction of sp³-hybridized carbons (Fsp3) is 0.600. The van der Waals surface area contributed by atoms with E-state index in [1.54, 1.807) is 12.1 Å². The van der Waals surface area contributed by atoms with Gasteiger partial charge < -0.3 is 9.84 Å². The minimum Gasteiger partial charge on any atom is -0.388 e. The van der Waals surface area contributed by atoms with Gasteiger partial charge in [-0.3, -0.25) is 0 Å². The second-order valence-electron chi connectivity index (χ2n) is 6.36. The number of ether oxygens (including phenoxy) is 1. The molecule has 1 heterocycles. The van der Waals surface area contributed by atoms with Crippen LogP contribution in [0.15, 0.2) is 18.2 Å². The fourth-order valence-corrected chi connectivity index (χ4v) is 3.24. The summed E-state index contributed by atoms with van der Waals surface area (Å²) in [4.78, 5) is 0. The Bertz CT molecular complexity index is 485. The van der Waals surface area contributed by atoms with Crippen LogP contribution < -0.4 is 0 Å². The minimum absolute atomic E-state index is 0.0348. The Morgan fingerprint density at radius 3 is 2.53 bits per heavy atom. The Morgan fingerprint density at radius 1 is 1.37 bits per heavy atom. The first kappa shape index (κ1) is 14.8. The molecule has 1 aromatic carbocycles. The van der Waals surface area contributed by atoms with Gasteiger partial charge in [0.25, 0.3) is 0 Å². The first-order valence-electron chi connectivity index (χ1n) is 6.46. The predicted molar refractivity (Wildman–Crippen MR) is 73.7 cm³/mol. The van der Waals surface area contributed by atoms with Crippen LogP contribution in [-0.4, -0.2) is 16.3 Å². The van der Waals surface area contributed by atoms with Crippen LogP contribution >= 0.6 is 11.6 Å². The van der Waals surface area contributed by atoms with Crippen molar-refractivity contribution in [2.45, 2.75) is 51.4 Å². The van der Waals surface area contributed by atoms with Crippen molar-refractivity contribution in [3.05, 3.63) is 34.6 Å². The van der Waals surface area contributed by atoms with Gasteiger partial charge in [-0.2, -0.15) is 0 Å². The number of aliphatic hydroxyl groups excluding tert-OH is 1. The number of hydrogen-bond acceptors (Lipinski definition) is 2. The molecule has 1 aliphatic heterocycles. The van der Waals surface area contributed by atoms with Gasteiger partial charge in [0.15, 0.2) is 0 Å². The van der Waals surface area contributed by atoms with Gasteiger partial charge in [-0.1, -0.05) is 23.7 Å². The summed E-state index contributed by atoms with van der Waals surface area (Å²) in [5.74, 6) is -0.715. The molecule has 19 heavy (non-hydrogen) atoms. The lowest BCUT2D eigenvalue weighted by Crippen LogP contribution is -2.33. The Kier molecular flexibility index (Phi) is 3.67. The van der Waals surface area contributed by atoms with Crippen molar-refractivity contribution < 1.29 is 14.2 Å². The van der Waals surface area contributed by atoms with Crippen LogP contribution in [0.5, 0.6) is 0 Å². The third-order valence-electron chi connectivity index (χ3n) is 3.83. The summed E-state index contributed by atoms with van der Waals surface area (Å²) in [6.07, 6.45) is -0.247. The molecule has 0 amide bonds. The molecule has 1 N–H and O–H groups in total. The highest BCUT2D eigenvalue weighted by Crippen LogP contribution is 2.48. The van der Waals surface area contributed by atoms with Crippen LogP contribution in [-0.2, 0) is 4.74 Å². The summed E-state index contributed by atoms with van der Waals surface area (Å²) in [6.45, 7) is 7.82. The number of hydrogen-bond donors (Lipinski definition) is 1. The monoisotopic (exact) mass is 286 g/mol. The summed E-state index contributed by atoms with van der Waals surface area (Å²) < 4.78 is 20.0. The number of rotatable bonds is 2. The van der Waals surface area contributed by atoms with Crippen molar-refractivity contribution in [3.8, 4) is 0 Å². The van der Waals surface area contributed by atoms with Gasteiger partial charge in [0.05, 0.1) is 22.3 Å². The van der Waals surface area contributed by atoms with Crippen molar-refractivity contribution in [1.29, 1.82) is 0 Å². The SMILES string of the molecule is CC1(C)CC(C(O)c2cccc(Cl)c2F)C(C)(C)O1. The minimum atomic E-state index is -0.921. The van der Waals surface area contributed by atoms with Gasteiger partial charge in [-0.15, -0.1) is 0 Å². The van der Waals surface area contributed by atoms with Crippen molar-refractivity contribution in [1.82, 2.24) is 0 Å². The molecular weight excluding hydrogens is 267 g/mol. The summed E-state index contributed by atoms with van der Waals surface area (Å²) in [5.41, 5.74) is -0.575. The molecule has 2 nitrogen and oxygen atoms in total. The lowest BCUT2D eigenvalue weighted by Gasteiger charge is -2.30. The highest BCUT2D eigenvalue weighted by Gasteiger charge is 2.49. The zero-order valence-electron chi connectivity index (χ0n) is 11.7. The van der Waals surface area contributed by atoms with Crippen LogP contribution in [0.3, 0.4) is 0 Å². The Balaban J connectivity index is 2.34. The summed E-state index contributed by atoms with van der Waals surface area (Å²) in [7, 11) is 0. The van der Waals surface area contributed by atoms with E-state index < -0.39 is 17.5 Å². The second-order valence-corrected chi connectivity index (χ2v) is 6.77. The molecule has 2 unspecified atom stereocenters. The fourth-order valence-electron chi connectivity index (χ4n) is 3.06. The van der Waals surface area contributed by atoms with Crippen LogP contribution in [0, 0.1) is 11.7 Å². The van der Waals surface area contributed by atoms with E-state index in [1.807, 2.05) is 27.7 Å². The van der Waals surface area contributed by atoms with E-state index in [0.717, 1.165) is 0 Å². The van der Waals surface area contributed by atoms with Gasteiger partial charge in [0, 0.05) is 11.5 Å². The van der Waals surface area contributed by atoms with E-state index in [9.17, 15) is 9.50 Å². The maximum Gasteiger partial charge on any atom is 0.147 e. The molecule has 0 saturated carbocycles. The Labute approximate surface area is 118 Å². The molecule has 1 saturated heterocycles. The highest BCUT2D eigenvalue weighted by molar-refractivity contribution is 6.30. The van der Waals surface area contributed by atoms with E-state index in [0.29, 0.717) is 6.42 Å². The molecule has 0 radical (unpaired) electrons. The molecule has 0 spiro atoms. The largest absolute Gasteiger partial charge is 0.388 e. The molecule has 0 aromatic heterocycles. The van der Waals surface area contributed by atoms with Crippen LogP contribution in [0.1, 0.15) is 45.8 Å². The van der Waals surface area contributed by atoms with E-state index in [4.69, 9.17) is 16.3 Å².